The predicted octanol–water partition coefficient (Wildman–Crippen LogP) is 3.06. The van der Waals surface area contributed by atoms with Gasteiger partial charge in [-0.25, -0.2) is 19.4 Å². The third-order valence-electron chi connectivity index (χ3n) is 4.71. The van der Waals surface area contributed by atoms with Gasteiger partial charge in [0.1, 0.15) is 5.56 Å². The second-order valence-electron chi connectivity index (χ2n) is 6.93. The van der Waals surface area contributed by atoms with Crippen molar-refractivity contribution in [1.82, 2.24) is 4.98 Å². The molecule has 0 aliphatic carbocycles. The molecule has 0 unspecified atom stereocenters. The highest BCUT2D eigenvalue weighted by molar-refractivity contribution is 6.05. The molecule has 0 spiro atoms. The van der Waals surface area contributed by atoms with Gasteiger partial charge in [0.2, 0.25) is 5.52 Å². The van der Waals surface area contributed by atoms with Crippen LogP contribution in [-0.4, -0.2) is 49.3 Å². The Morgan fingerprint density at radius 2 is 1.61 bits per heavy atom. The van der Waals surface area contributed by atoms with E-state index in [1.165, 1.54) is 12.4 Å². The van der Waals surface area contributed by atoms with Gasteiger partial charge in [0.15, 0.2) is 6.20 Å². The molecule has 0 aliphatic rings. The van der Waals surface area contributed by atoms with E-state index in [1.54, 1.807) is 50.4 Å². The Balaban J connectivity index is 1.76. The number of carbonyl (C=O) groups is 3. The molecule has 33 heavy (non-hydrogen) atoms. The molecule has 2 N–H and O–H groups in total. The van der Waals surface area contributed by atoms with Gasteiger partial charge in [0, 0.05) is 25.0 Å². The molecule has 3 aromatic rings. The van der Waals surface area contributed by atoms with E-state index in [-0.39, 0.29) is 19.8 Å². The van der Waals surface area contributed by atoms with Crippen LogP contribution in [0.15, 0.2) is 48.9 Å². The van der Waals surface area contributed by atoms with Gasteiger partial charge < -0.3 is 19.5 Å². The normalized spacial score (nSPS) is 10.5. The fraction of sp³-hybridized carbons (Fsp3) is 0.292. The van der Waals surface area contributed by atoms with Gasteiger partial charge >= 0.3 is 17.9 Å². The fourth-order valence-corrected chi connectivity index (χ4v) is 3.17. The van der Waals surface area contributed by atoms with Crippen molar-refractivity contribution < 1.29 is 33.6 Å². The smallest absolute Gasteiger partial charge is 0.346 e. The maximum absolute atomic E-state index is 12.5. The van der Waals surface area contributed by atoms with Crippen LogP contribution in [0, 0.1) is 0 Å². The third kappa shape index (κ3) is 6.03. The van der Waals surface area contributed by atoms with E-state index in [0.29, 0.717) is 40.7 Å². The van der Waals surface area contributed by atoms with Gasteiger partial charge in [-0.05, 0) is 44.5 Å². The maximum atomic E-state index is 12.5. The van der Waals surface area contributed by atoms with Crippen LogP contribution in [-0.2, 0) is 14.2 Å². The van der Waals surface area contributed by atoms with E-state index in [0.717, 1.165) is 5.52 Å². The quantitative estimate of drug-likeness (QED) is 0.283. The minimum Gasteiger partial charge on any atom is -0.462 e. The second-order valence-corrected chi connectivity index (χ2v) is 6.93. The summed E-state index contributed by atoms with van der Waals surface area (Å²) in [5, 5.41) is 3.87. The number of anilines is 1. The summed E-state index contributed by atoms with van der Waals surface area (Å²) in [6.07, 6.45) is 5.11. The van der Waals surface area contributed by atoms with Gasteiger partial charge in [0.05, 0.1) is 42.0 Å². The van der Waals surface area contributed by atoms with E-state index in [1.807, 2.05) is 0 Å². The predicted molar refractivity (Wildman–Crippen MR) is 120 cm³/mol. The third-order valence-corrected chi connectivity index (χ3v) is 4.71. The summed E-state index contributed by atoms with van der Waals surface area (Å²) in [4.78, 5) is 43.7. The Hall–Kier alpha value is -4.01. The first-order valence-electron chi connectivity index (χ1n) is 10.7. The number of esters is 3. The Kier molecular flexibility index (Phi) is 8.29. The lowest BCUT2D eigenvalue weighted by Gasteiger charge is -2.13. The number of rotatable bonds is 10. The van der Waals surface area contributed by atoms with E-state index < -0.39 is 17.9 Å². The standard InChI is InChI=1S/C24H25N3O6/c1-3-31-23(29)17-6-7-20-18(14-17)21(19(15-27-20)24(30)32-4-2)26-10-5-13-33-22(28)16-8-11-25-12-9-16/h6-9,11-12,14-15H,3-5,10,13H2,1-2H3,(H,26,27)/p+1. The van der Waals surface area contributed by atoms with E-state index >= 15 is 0 Å². The molecule has 2 aromatic heterocycles. The maximum Gasteiger partial charge on any atom is 0.346 e. The number of nitrogens with zero attached hydrogens (tertiary/aromatic N) is 1. The molecule has 1 aromatic carbocycles. The van der Waals surface area contributed by atoms with E-state index in [9.17, 15) is 14.4 Å². The fourth-order valence-electron chi connectivity index (χ4n) is 3.17. The molecule has 0 radical (unpaired) electrons. The number of nitrogens with one attached hydrogen (secondary N) is 2. The molecule has 0 saturated heterocycles. The van der Waals surface area contributed by atoms with Crippen LogP contribution in [0.5, 0.6) is 0 Å². The molecule has 9 heteroatoms. The van der Waals surface area contributed by atoms with Crippen LogP contribution in [0.4, 0.5) is 5.69 Å². The number of fused-ring (bicyclic) bond motifs is 1. The highest BCUT2D eigenvalue weighted by atomic mass is 16.5. The zero-order valence-corrected chi connectivity index (χ0v) is 18.6. The molecule has 2 heterocycles. The van der Waals surface area contributed by atoms with Crippen LogP contribution in [0.25, 0.3) is 10.9 Å². The molecule has 172 valence electrons. The average Bonchev–Trinajstić information content (AvgIpc) is 2.84. The van der Waals surface area contributed by atoms with Crippen LogP contribution in [0.1, 0.15) is 51.3 Å². The number of pyridine rings is 2. The summed E-state index contributed by atoms with van der Waals surface area (Å²) in [7, 11) is 0. The molecular weight excluding hydrogens is 426 g/mol. The Morgan fingerprint density at radius 1 is 0.909 bits per heavy atom. The van der Waals surface area contributed by atoms with Crippen LogP contribution in [0.2, 0.25) is 0 Å². The molecule has 0 fully saturated rings. The van der Waals surface area contributed by atoms with Crippen molar-refractivity contribution in [3.63, 3.8) is 0 Å². The molecule has 0 saturated carbocycles. The van der Waals surface area contributed by atoms with Crippen molar-refractivity contribution in [1.29, 1.82) is 0 Å². The van der Waals surface area contributed by atoms with Gasteiger partial charge in [-0.2, -0.15) is 0 Å². The number of H-pyrrole nitrogens is 1. The van der Waals surface area contributed by atoms with Gasteiger partial charge in [-0.1, -0.05) is 0 Å². The number of hydrogen-bond donors (Lipinski definition) is 1. The molecule has 0 aliphatic heterocycles. The van der Waals surface area contributed by atoms with Gasteiger partial charge in [-0.15, -0.1) is 0 Å². The number of carbonyl (C=O) groups excluding carboxylic acids is 3. The number of aromatic amines is 1. The summed E-state index contributed by atoms with van der Waals surface area (Å²) in [5.74, 6) is -1.37. The first kappa shape index (κ1) is 23.6. The lowest BCUT2D eigenvalue weighted by molar-refractivity contribution is -0.344. The summed E-state index contributed by atoms with van der Waals surface area (Å²) in [6.45, 7) is 4.55. The van der Waals surface area contributed by atoms with Crippen molar-refractivity contribution in [3.8, 4) is 0 Å². The average molecular weight is 452 g/mol. The largest absolute Gasteiger partial charge is 0.462 e. The van der Waals surface area contributed by atoms with Crippen LogP contribution < -0.4 is 10.3 Å². The SMILES string of the molecule is CCOC(=O)c1ccc2[nH+]cc(C(=O)OCC)c(NCCCOC(=O)c3ccncc3)c2c1. The molecule has 0 atom stereocenters. The van der Waals surface area contributed by atoms with E-state index in [4.69, 9.17) is 14.2 Å². The van der Waals surface area contributed by atoms with Crippen molar-refractivity contribution in [2.45, 2.75) is 20.3 Å². The van der Waals surface area contributed by atoms with Crippen LogP contribution >= 0.6 is 0 Å². The summed E-state index contributed by atoms with van der Waals surface area (Å²) < 4.78 is 15.5. The molecular formula is C24H26N3O6+. The molecule has 3 rings (SSSR count). The number of hydrogen-bond acceptors (Lipinski definition) is 8. The summed E-state index contributed by atoms with van der Waals surface area (Å²) in [5.41, 5.74) is 2.35. The summed E-state index contributed by atoms with van der Waals surface area (Å²) in [6, 6.07) is 8.24. The lowest BCUT2D eigenvalue weighted by atomic mass is 10.1. The highest BCUT2D eigenvalue weighted by Crippen LogP contribution is 2.26. The van der Waals surface area contributed by atoms with Crippen molar-refractivity contribution >= 4 is 34.5 Å². The Morgan fingerprint density at radius 3 is 2.33 bits per heavy atom. The molecule has 0 bridgehead atoms. The second kappa shape index (κ2) is 11.6. The van der Waals surface area contributed by atoms with Gasteiger partial charge in [0.25, 0.3) is 0 Å². The van der Waals surface area contributed by atoms with Crippen molar-refractivity contribution in [2.24, 2.45) is 0 Å². The molecule has 9 nitrogen and oxygen atoms in total. The van der Waals surface area contributed by atoms with Crippen LogP contribution in [0.3, 0.4) is 0 Å². The zero-order valence-electron chi connectivity index (χ0n) is 18.6. The number of aromatic nitrogens is 2. The minimum absolute atomic E-state index is 0.188. The minimum atomic E-state index is -0.496. The first-order chi connectivity index (χ1) is 16.0. The highest BCUT2D eigenvalue weighted by Gasteiger charge is 2.21. The molecule has 0 amide bonds. The number of benzene rings is 1. The summed E-state index contributed by atoms with van der Waals surface area (Å²) >= 11 is 0. The van der Waals surface area contributed by atoms with E-state index in [2.05, 4.69) is 15.3 Å². The topological polar surface area (TPSA) is 118 Å². The van der Waals surface area contributed by atoms with Gasteiger partial charge in [-0.3, -0.25) is 4.98 Å². The number of ether oxygens (including phenoxy) is 3. The lowest BCUT2D eigenvalue weighted by Crippen LogP contribution is -2.18. The zero-order chi connectivity index (χ0) is 23.6. The first-order valence-corrected chi connectivity index (χ1v) is 10.7. The Bertz CT molecular complexity index is 1130. The Labute approximate surface area is 191 Å². The van der Waals surface area contributed by atoms with Crippen molar-refractivity contribution in [3.05, 3.63) is 65.6 Å². The monoisotopic (exact) mass is 452 g/mol. The van der Waals surface area contributed by atoms with Crippen molar-refractivity contribution in [2.75, 3.05) is 31.7 Å².